The molecule has 0 aliphatic heterocycles. The minimum atomic E-state index is -1.09. The summed E-state index contributed by atoms with van der Waals surface area (Å²) in [5.74, 6) is -1.65. The molecule has 0 saturated heterocycles. The Morgan fingerprint density at radius 3 is 2.72 bits per heavy atom. The maximum atomic E-state index is 12.5. The molecule has 0 spiro atoms. The number of thiazole rings is 1. The van der Waals surface area contributed by atoms with Crippen molar-refractivity contribution in [3.05, 3.63) is 28.6 Å². The van der Waals surface area contributed by atoms with Gasteiger partial charge in [0.25, 0.3) is 0 Å². The molecular formula is C16H19N3O4S2. The van der Waals surface area contributed by atoms with Crippen molar-refractivity contribution in [1.82, 2.24) is 15.2 Å². The molecule has 2 rings (SSSR count). The zero-order chi connectivity index (χ0) is 18.4. The molecule has 2 heterocycles. The predicted molar refractivity (Wildman–Crippen MR) is 96.6 cm³/mol. The Morgan fingerprint density at radius 2 is 2.12 bits per heavy atom. The molecule has 9 heteroatoms. The SMILES string of the molecule is CC(=O)NCCN(C(=O)Cc1csc(-c2cccs2)n1)C(C)C(=O)O. The molecule has 0 aliphatic carbocycles. The van der Waals surface area contributed by atoms with E-state index in [1.54, 1.807) is 11.3 Å². The van der Waals surface area contributed by atoms with Crippen molar-refractivity contribution >= 4 is 40.5 Å². The minimum absolute atomic E-state index is 0.0273. The van der Waals surface area contributed by atoms with Crippen molar-refractivity contribution < 1.29 is 19.5 Å². The molecule has 1 atom stereocenters. The first-order chi connectivity index (χ1) is 11.9. The largest absolute Gasteiger partial charge is 0.480 e. The average molecular weight is 381 g/mol. The molecule has 0 fully saturated rings. The Bertz CT molecular complexity index is 742. The van der Waals surface area contributed by atoms with E-state index in [-0.39, 0.29) is 31.3 Å². The summed E-state index contributed by atoms with van der Waals surface area (Å²) in [6, 6.07) is 2.92. The number of amides is 2. The van der Waals surface area contributed by atoms with Gasteiger partial charge < -0.3 is 15.3 Å². The smallest absolute Gasteiger partial charge is 0.326 e. The predicted octanol–water partition coefficient (Wildman–Crippen LogP) is 1.85. The first-order valence-electron chi connectivity index (χ1n) is 7.63. The van der Waals surface area contributed by atoms with Crippen molar-refractivity contribution in [2.75, 3.05) is 13.1 Å². The van der Waals surface area contributed by atoms with Gasteiger partial charge in [0.15, 0.2) is 0 Å². The highest BCUT2D eigenvalue weighted by Crippen LogP contribution is 2.28. The molecule has 0 radical (unpaired) electrons. The van der Waals surface area contributed by atoms with E-state index < -0.39 is 12.0 Å². The Morgan fingerprint density at radius 1 is 1.36 bits per heavy atom. The van der Waals surface area contributed by atoms with E-state index in [4.69, 9.17) is 0 Å². The molecule has 0 saturated carbocycles. The number of nitrogens with zero attached hydrogens (tertiary/aromatic N) is 2. The van der Waals surface area contributed by atoms with Crippen LogP contribution in [0.2, 0.25) is 0 Å². The normalized spacial score (nSPS) is 11.8. The lowest BCUT2D eigenvalue weighted by atomic mass is 10.2. The summed E-state index contributed by atoms with van der Waals surface area (Å²) in [6.07, 6.45) is 0.0273. The summed E-state index contributed by atoms with van der Waals surface area (Å²) in [5, 5.41) is 16.4. The molecule has 0 aliphatic rings. The number of aliphatic carboxylic acids is 1. The number of hydrogen-bond acceptors (Lipinski definition) is 6. The molecular weight excluding hydrogens is 362 g/mol. The Balaban J connectivity index is 2.05. The van der Waals surface area contributed by atoms with Gasteiger partial charge in [0, 0.05) is 25.4 Å². The van der Waals surface area contributed by atoms with E-state index in [0.29, 0.717) is 5.69 Å². The Hall–Kier alpha value is -2.26. The van der Waals surface area contributed by atoms with Crippen LogP contribution < -0.4 is 5.32 Å². The summed E-state index contributed by atoms with van der Waals surface area (Å²) in [7, 11) is 0. The van der Waals surface area contributed by atoms with Gasteiger partial charge in [-0.25, -0.2) is 9.78 Å². The molecule has 134 valence electrons. The van der Waals surface area contributed by atoms with Crippen LogP contribution in [0, 0.1) is 0 Å². The van der Waals surface area contributed by atoms with Crippen LogP contribution in [0.1, 0.15) is 19.5 Å². The highest BCUT2D eigenvalue weighted by molar-refractivity contribution is 7.20. The fraction of sp³-hybridized carbons (Fsp3) is 0.375. The number of aromatic nitrogens is 1. The van der Waals surface area contributed by atoms with Gasteiger partial charge in [-0.1, -0.05) is 6.07 Å². The number of nitrogens with one attached hydrogen (secondary N) is 1. The standard InChI is InChI=1S/C16H19N3O4S2/c1-10(16(22)23)19(6-5-17-11(2)20)14(21)8-12-9-25-15(18-12)13-4-3-7-24-13/h3-4,7,9-10H,5-6,8H2,1-2H3,(H,17,20)(H,22,23). The molecule has 2 amide bonds. The molecule has 2 aromatic heterocycles. The highest BCUT2D eigenvalue weighted by Gasteiger charge is 2.26. The zero-order valence-corrected chi connectivity index (χ0v) is 15.5. The third kappa shape index (κ3) is 5.36. The third-order valence-electron chi connectivity index (χ3n) is 3.49. The first-order valence-corrected chi connectivity index (χ1v) is 9.39. The number of hydrogen-bond donors (Lipinski definition) is 2. The van der Waals surface area contributed by atoms with Crippen LogP contribution in [0.5, 0.6) is 0 Å². The maximum Gasteiger partial charge on any atom is 0.326 e. The molecule has 1 unspecified atom stereocenters. The second-order valence-corrected chi connectivity index (χ2v) is 7.19. The summed E-state index contributed by atoms with van der Waals surface area (Å²) in [5.41, 5.74) is 0.612. The van der Waals surface area contributed by atoms with Crippen molar-refractivity contribution in [2.24, 2.45) is 0 Å². The summed E-state index contributed by atoms with van der Waals surface area (Å²) in [4.78, 5) is 41.5. The second-order valence-electron chi connectivity index (χ2n) is 5.38. The monoisotopic (exact) mass is 381 g/mol. The van der Waals surface area contributed by atoms with Crippen LogP contribution in [0.4, 0.5) is 0 Å². The quantitative estimate of drug-likeness (QED) is 0.727. The molecule has 2 aromatic rings. The molecule has 25 heavy (non-hydrogen) atoms. The number of carbonyl (C=O) groups excluding carboxylic acids is 2. The van der Waals surface area contributed by atoms with Crippen LogP contribution in [0.15, 0.2) is 22.9 Å². The lowest BCUT2D eigenvalue weighted by Gasteiger charge is -2.26. The zero-order valence-electron chi connectivity index (χ0n) is 13.9. The van der Waals surface area contributed by atoms with Crippen LogP contribution in [0.3, 0.4) is 0 Å². The van der Waals surface area contributed by atoms with Crippen molar-refractivity contribution in [3.8, 4) is 9.88 Å². The van der Waals surface area contributed by atoms with E-state index in [1.165, 1.54) is 30.1 Å². The van der Waals surface area contributed by atoms with Crippen LogP contribution in [-0.4, -0.2) is 51.9 Å². The van der Waals surface area contributed by atoms with Crippen molar-refractivity contribution in [2.45, 2.75) is 26.3 Å². The van der Waals surface area contributed by atoms with Gasteiger partial charge >= 0.3 is 5.97 Å². The maximum absolute atomic E-state index is 12.5. The van der Waals surface area contributed by atoms with E-state index >= 15 is 0 Å². The molecule has 0 bridgehead atoms. The number of carbonyl (C=O) groups is 3. The summed E-state index contributed by atoms with van der Waals surface area (Å²) in [6.45, 7) is 3.16. The molecule has 0 aromatic carbocycles. The average Bonchev–Trinajstić information content (AvgIpc) is 3.21. The molecule has 7 nitrogen and oxygen atoms in total. The highest BCUT2D eigenvalue weighted by atomic mass is 32.1. The van der Waals surface area contributed by atoms with Gasteiger partial charge in [0.2, 0.25) is 11.8 Å². The Labute approximate surface area is 153 Å². The summed E-state index contributed by atoms with van der Waals surface area (Å²) < 4.78 is 0. The summed E-state index contributed by atoms with van der Waals surface area (Å²) >= 11 is 3.02. The number of carboxylic acids is 1. The van der Waals surface area contributed by atoms with Crippen molar-refractivity contribution in [3.63, 3.8) is 0 Å². The number of rotatable bonds is 8. The van der Waals surface area contributed by atoms with Gasteiger partial charge in [-0.3, -0.25) is 9.59 Å². The fourth-order valence-corrected chi connectivity index (χ4v) is 3.81. The van der Waals surface area contributed by atoms with Gasteiger partial charge in [-0.05, 0) is 18.4 Å². The van der Waals surface area contributed by atoms with Gasteiger partial charge in [0.05, 0.1) is 17.0 Å². The van der Waals surface area contributed by atoms with E-state index in [0.717, 1.165) is 9.88 Å². The third-order valence-corrected chi connectivity index (χ3v) is 5.42. The fourth-order valence-electron chi connectivity index (χ4n) is 2.18. The second kappa shape index (κ2) is 8.72. The molecule has 2 N–H and O–H groups in total. The van der Waals surface area contributed by atoms with Crippen LogP contribution in [0.25, 0.3) is 9.88 Å². The number of thiophene rings is 1. The topological polar surface area (TPSA) is 99.6 Å². The lowest BCUT2D eigenvalue weighted by molar-refractivity contribution is -0.149. The first kappa shape index (κ1) is 19.1. The van der Waals surface area contributed by atoms with Crippen LogP contribution in [-0.2, 0) is 20.8 Å². The van der Waals surface area contributed by atoms with Gasteiger partial charge in [0.1, 0.15) is 11.0 Å². The van der Waals surface area contributed by atoms with E-state index in [9.17, 15) is 19.5 Å². The number of carboxylic acid groups (broad SMARTS) is 1. The Kier molecular flexibility index (Phi) is 6.65. The van der Waals surface area contributed by atoms with Crippen LogP contribution >= 0.6 is 22.7 Å². The minimum Gasteiger partial charge on any atom is -0.480 e. The van der Waals surface area contributed by atoms with Gasteiger partial charge in [-0.15, -0.1) is 22.7 Å². The lowest BCUT2D eigenvalue weighted by Crippen LogP contribution is -2.47. The van der Waals surface area contributed by atoms with E-state index in [1.807, 2.05) is 22.9 Å². The van der Waals surface area contributed by atoms with Gasteiger partial charge in [-0.2, -0.15) is 0 Å². The van der Waals surface area contributed by atoms with E-state index in [2.05, 4.69) is 10.3 Å². The van der Waals surface area contributed by atoms with Crippen molar-refractivity contribution in [1.29, 1.82) is 0 Å².